The monoisotopic (exact) mass is 298 g/mol. The van der Waals surface area contributed by atoms with Crippen LogP contribution < -0.4 is 11.1 Å². The minimum absolute atomic E-state index is 0.322. The number of benzene rings is 1. The van der Waals surface area contributed by atoms with Crippen LogP contribution in [0.15, 0.2) is 16.6 Å². The molecule has 2 nitrogen and oxygen atoms in total. The fourth-order valence-corrected chi connectivity index (χ4v) is 1.90. The average molecular weight is 299 g/mol. The Morgan fingerprint density at radius 3 is 2.47 bits per heavy atom. The normalized spacial score (nSPS) is 13.5. The highest BCUT2D eigenvalue weighted by Gasteiger charge is 2.19. The van der Waals surface area contributed by atoms with Crippen LogP contribution in [-0.4, -0.2) is 6.54 Å². The van der Waals surface area contributed by atoms with E-state index >= 15 is 0 Å². The molecule has 3 heteroatoms. The van der Waals surface area contributed by atoms with E-state index in [1.165, 1.54) is 0 Å². The summed E-state index contributed by atoms with van der Waals surface area (Å²) >= 11 is 3.54. The summed E-state index contributed by atoms with van der Waals surface area (Å²) < 4.78 is 1.03. The van der Waals surface area contributed by atoms with Gasteiger partial charge in [0.15, 0.2) is 0 Å². The Bertz CT molecular complexity index is 394. The Morgan fingerprint density at radius 2 is 1.94 bits per heavy atom. The predicted molar refractivity (Wildman–Crippen MR) is 80.4 cm³/mol. The summed E-state index contributed by atoms with van der Waals surface area (Å²) in [4.78, 5) is 0. The van der Waals surface area contributed by atoms with Crippen molar-refractivity contribution in [3.8, 4) is 0 Å². The van der Waals surface area contributed by atoms with Crippen molar-refractivity contribution in [3.63, 3.8) is 0 Å². The van der Waals surface area contributed by atoms with Gasteiger partial charge in [-0.15, -0.1) is 0 Å². The van der Waals surface area contributed by atoms with Crippen molar-refractivity contribution in [1.29, 1.82) is 0 Å². The lowest BCUT2D eigenvalue weighted by atomic mass is 9.82. The molecule has 0 fully saturated rings. The summed E-state index contributed by atoms with van der Waals surface area (Å²) in [6.07, 6.45) is 0. The maximum Gasteiger partial charge on any atom is 0.0488 e. The smallest absolute Gasteiger partial charge is 0.0488 e. The van der Waals surface area contributed by atoms with Gasteiger partial charge in [-0.2, -0.15) is 0 Å². The van der Waals surface area contributed by atoms with Crippen LogP contribution in [-0.2, 0) is 0 Å². The van der Waals surface area contributed by atoms with Gasteiger partial charge >= 0.3 is 0 Å². The maximum atomic E-state index is 5.86. The van der Waals surface area contributed by atoms with Crippen LogP contribution in [0, 0.1) is 18.3 Å². The van der Waals surface area contributed by atoms with Crippen molar-refractivity contribution in [3.05, 3.63) is 22.2 Å². The molecule has 1 unspecified atom stereocenters. The van der Waals surface area contributed by atoms with Gasteiger partial charge in [-0.1, -0.05) is 27.7 Å². The lowest BCUT2D eigenvalue weighted by molar-refractivity contribution is 0.274. The maximum absolute atomic E-state index is 5.86. The molecule has 0 aromatic heterocycles. The van der Waals surface area contributed by atoms with Gasteiger partial charge < -0.3 is 11.1 Å². The lowest BCUT2D eigenvalue weighted by Crippen LogP contribution is -2.24. The van der Waals surface area contributed by atoms with Crippen LogP contribution in [0.1, 0.15) is 33.3 Å². The highest BCUT2D eigenvalue weighted by atomic mass is 79.9. The zero-order chi connectivity index (χ0) is 13.2. The van der Waals surface area contributed by atoms with E-state index in [-0.39, 0.29) is 0 Å². The largest absolute Gasteiger partial charge is 0.398 e. The van der Waals surface area contributed by atoms with E-state index < -0.39 is 0 Å². The van der Waals surface area contributed by atoms with Gasteiger partial charge in [0.2, 0.25) is 0 Å². The van der Waals surface area contributed by atoms with Crippen molar-refractivity contribution in [1.82, 2.24) is 0 Å². The summed E-state index contributed by atoms with van der Waals surface area (Å²) in [6, 6.07) is 4.05. The molecule has 0 aliphatic heterocycles. The summed E-state index contributed by atoms with van der Waals surface area (Å²) in [7, 11) is 0. The Kier molecular flexibility index (Phi) is 4.48. The number of nitrogens with one attached hydrogen (secondary N) is 1. The summed E-state index contributed by atoms with van der Waals surface area (Å²) in [5.74, 6) is 0.604. The van der Waals surface area contributed by atoms with Crippen LogP contribution in [0.5, 0.6) is 0 Å². The van der Waals surface area contributed by atoms with Crippen LogP contribution in [0.3, 0.4) is 0 Å². The summed E-state index contributed by atoms with van der Waals surface area (Å²) in [5, 5.41) is 3.48. The van der Waals surface area contributed by atoms with Crippen molar-refractivity contribution >= 4 is 27.3 Å². The molecule has 0 aliphatic rings. The molecule has 1 aromatic carbocycles. The van der Waals surface area contributed by atoms with Gasteiger partial charge in [-0.25, -0.2) is 0 Å². The Hall–Kier alpha value is -0.700. The Labute approximate surface area is 113 Å². The van der Waals surface area contributed by atoms with Gasteiger partial charge in [0.25, 0.3) is 0 Å². The number of anilines is 2. The molecule has 0 saturated carbocycles. The number of nitrogen functional groups attached to an aromatic ring is 1. The molecule has 0 amide bonds. The number of aryl methyl sites for hydroxylation is 1. The second-order valence-electron chi connectivity index (χ2n) is 5.84. The fourth-order valence-electron chi connectivity index (χ4n) is 1.40. The molecule has 3 N–H and O–H groups in total. The predicted octanol–water partition coefficient (Wildman–Crippen LogP) is 4.43. The summed E-state index contributed by atoms with van der Waals surface area (Å²) in [6.45, 7) is 12.1. The second kappa shape index (κ2) is 5.30. The molecule has 0 spiro atoms. The first-order chi connectivity index (χ1) is 7.71. The molecule has 1 aromatic rings. The van der Waals surface area contributed by atoms with E-state index in [1.54, 1.807) is 0 Å². The number of nitrogens with two attached hydrogens (primary N) is 1. The molecule has 0 heterocycles. The summed E-state index contributed by atoms with van der Waals surface area (Å²) in [5.41, 5.74) is 9.23. The molecule has 96 valence electrons. The SMILES string of the molecule is Cc1cc(NCC(C)C(C)(C)C)c(Br)cc1N. The topological polar surface area (TPSA) is 38.0 Å². The zero-order valence-corrected chi connectivity index (χ0v) is 13.0. The third-order valence-corrected chi connectivity index (χ3v) is 4.09. The second-order valence-corrected chi connectivity index (χ2v) is 6.69. The van der Waals surface area contributed by atoms with Crippen LogP contribution >= 0.6 is 15.9 Å². The quantitative estimate of drug-likeness (QED) is 0.810. The highest BCUT2D eigenvalue weighted by Crippen LogP contribution is 2.30. The minimum atomic E-state index is 0.322. The van der Waals surface area contributed by atoms with Crippen molar-refractivity contribution in [2.24, 2.45) is 11.3 Å². The van der Waals surface area contributed by atoms with Gasteiger partial charge in [-0.05, 0) is 51.9 Å². The number of hydrogen-bond donors (Lipinski definition) is 2. The molecular formula is C14H23BrN2. The first-order valence-corrected chi connectivity index (χ1v) is 6.80. The van der Waals surface area contributed by atoms with Crippen molar-refractivity contribution in [2.45, 2.75) is 34.6 Å². The third kappa shape index (κ3) is 3.91. The fraction of sp³-hybridized carbons (Fsp3) is 0.571. The Balaban J connectivity index is 2.73. The zero-order valence-electron chi connectivity index (χ0n) is 11.4. The highest BCUT2D eigenvalue weighted by molar-refractivity contribution is 9.10. The van der Waals surface area contributed by atoms with Crippen molar-refractivity contribution in [2.75, 3.05) is 17.6 Å². The van der Waals surface area contributed by atoms with E-state index in [0.717, 1.165) is 28.0 Å². The number of hydrogen-bond acceptors (Lipinski definition) is 2. The molecule has 0 radical (unpaired) electrons. The molecule has 1 rings (SSSR count). The molecule has 0 saturated heterocycles. The molecule has 1 atom stereocenters. The van der Waals surface area contributed by atoms with E-state index in [2.05, 4.69) is 55.0 Å². The van der Waals surface area contributed by atoms with E-state index in [1.807, 2.05) is 13.0 Å². The Morgan fingerprint density at radius 1 is 1.35 bits per heavy atom. The van der Waals surface area contributed by atoms with E-state index in [9.17, 15) is 0 Å². The molecule has 0 bridgehead atoms. The first kappa shape index (κ1) is 14.4. The van der Waals surface area contributed by atoms with Crippen LogP contribution in [0.4, 0.5) is 11.4 Å². The van der Waals surface area contributed by atoms with E-state index in [0.29, 0.717) is 11.3 Å². The standard InChI is InChI=1S/C14H23BrN2/c1-9-6-13(11(15)7-12(9)16)17-8-10(2)14(3,4)5/h6-7,10,17H,8,16H2,1-5H3. The van der Waals surface area contributed by atoms with Crippen LogP contribution in [0.25, 0.3) is 0 Å². The van der Waals surface area contributed by atoms with E-state index in [4.69, 9.17) is 5.73 Å². The molecule has 0 aliphatic carbocycles. The number of rotatable bonds is 3. The average Bonchev–Trinajstić information content (AvgIpc) is 2.19. The minimum Gasteiger partial charge on any atom is -0.398 e. The van der Waals surface area contributed by atoms with Gasteiger partial charge in [0.1, 0.15) is 0 Å². The molecular weight excluding hydrogens is 276 g/mol. The van der Waals surface area contributed by atoms with Crippen LogP contribution in [0.2, 0.25) is 0 Å². The third-order valence-electron chi connectivity index (χ3n) is 3.43. The van der Waals surface area contributed by atoms with Gasteiger partial charge in [0, 0.05) is 22.4 Å². The first-order valence-electron chi connectivity index (χ1n) is 6.01. The molecule has 17 heavy (non-hydrogen) atoms. The van der Waals surface area contributed by atoms with Gasteiger partial charge in [-0.3, -0.25) is 0 Å². The van der Waals surface area contributed by atoms with Gasteiger partial charge in [0.05, 0.1) is 0 Å². The lowest BCUT2D eigenvalue weighted by Gasteiger charge is -2.28. The number of halogens is 1. The van der Waals surface area contributed by atoms with Crippen molar-refractivity contribution < 1.29 is 0 Å².